The lowest BCUT2D eigenvalue weighted by molar-refractivity contribution is -0.156. The van der Waals surface area contributed by atoms with Crippen molar-refractivity contribution in [2.24, 2.45) is 11.1 Å². The second kappa shape index (κ2) is 9.46. The molecule has 1 aromatic carbocycles. The Labute approximate surface area is 196 Å². The third kappa shape index (κ3) is 5.68. The van der Waals surface area contributed by atoms with Gasteiger partial charge in [-0.05, 0) is 51.0 Å². The van der Waals surface area contributed by atoms with Gasteiger partial charge in [-0.15, -0.1) is 10.2 Å². The van der Waals surface area contributed by atoms with Crippen LogP contribution < -0.4 is 0 Å². The van der Waals surface area contributed by atoms with Crippen molar-refractivity contribution in [1.29, 1.82) is 0 Å². The first-order chi connectivity index (χ1) is 15.7. The lowest BCUT2D eigenvalue weighted by Crippen LogP contribution is -2.39. The minimum atomic E-state index is -0.580. The first-order valence-electron chi connectivity index (χ1n) is 11.0. The van der Waals surface area contributed by atoms with Crippen molar-refractivity contribution >= 4 is 29.2 Å². The molecular formula is C22H27ClN6O4. The molecule has 1 atom stereocenters. The molecule has 0 saturated carbocycles. The van der Waals surface area contributed by atoms with Crippen molar-refractivity contribution in [3.05, 3.63) is 40.7 Å². The minimum absolute atomic E-state index is 0.0608. The van der Waals surface area contributed by atoms with Gasteiger partial charge in [-0.3, -0.25) is 4.79 Å². The fourth-order valence-corrected chi connectivity index (χ4v) is 4.14. The molecule has 1 unspecified atom stereocenters. The number of halogens is 1. The first-order valence-corrected chi connectivity index (χ1v) is 11.3. The molecule has 0 N–H and O–H groups in total. The van der Waals surface area contributed by atoms with Gasteiger partial charge in [0, 0.05) is 24.6 Å². The standard InChI is InChI=1S/C22H27ClN6O4/c1-22(2,3)32-19(30)13-29-25-21(24-27-29)17-12-18(26-33-17)28-10-8-14(9-11-28)20(31)15-6-4-5-7-16(15)23/h4-7,14,17H,8-13H2,1-3H3. The maximum Gasteiger partial charge on any atom is 0.330 e. The molecule has 4 rings (SSSR count). The van der Waals surface area contributed by atoms with E-state index in [0.717, 1.165) is 18.7 Å². The van der Waals surface area contributed by atoms with Crippen LogP contribution >= 0.6 is 11.6 Å². The van der Waals surface area contributed by atoms with Gasteiger partial charge in [0.1, 0.15) is 11.4 Å². The molecule has 10 nitrogen and oxygen atoms in total. The fourth-order valence-electron chi connectivity index (χ4n) is 3.91. The lowest BCUT2D eigenvalue weighted by Gasteiger charge is -2.32. The molecule has 1 fully saturated rings. The van der Waals surface area contributed by atoms with Gasteiger partial charge in [-0.1, -0.05) is 28.9 Å². The first kappa shape index (κ1) is 23.2. The van der Waals surface area contributed by atoms with E-state index in [1.165, 1.54) is 4.80 Å². The molecule has 33 heavy (non-hydrogen) atoms. The lowest BCUT2D eigenvalue weighted by atomic mass is 9.88. The third-order valence-corrected chi connectivity index (χ3v) is 5.80. The molecule has 2 aliphatic rings. The van der Waals surface area contributed by atoms with Crippen LogP contribution in [0.15, 0.2) is 29.4 Å². The van der Waals surface area contributed by atoms with Crippen LogP contribution in [0.25, 0.3) is 0 Å². The monoisotopic (exact) mass is 474 g/mol. The van der Waals surface area contributed by atoms with Crippen LogP contribution in [-0.2, 0) is 20.9 Å². The molecule has 0 radical (unpaired) electrons. The molecular weight excluding hydrogens is 448 g/mol. The van der Waals surface area contributed by atoms with Crippen LogP contribution in [0.2, 0.25) is 5.02 Å². The summed E-state index contributed by atoms with van der Waals surface area (Å²) in [5.74, 6) is 0.751. The number of tetrazole rings is 1. The largest absolute Gasteiger partial charge is 0.459 e. The van der Waals surface area contributed by atoms with E-state index < -0.39 is 17.7 Å². The maximum atomic E-state index is 12.8. The van der Waals surface area contributed by atoms with E-state index in [1.807, 2.05) is 12.1 Å². The Hall–Kier alpha value is -3.01. The van der Waals surface area contributed by atoms with Gasteiger partial charge in [0.15, 0.2) is 18.4 Å². The Balaban J connectivity index is 1.28. The summed E-state index contributed by atoms with van der Waals surface area (Å²) in [6.07, 6.45) is 1.48. The van der Waals surface area contributed by atoms with Crippen LogP contribution in [0.4, 0.5) is 0 Å². The molecule has 0 spiro atoms. The number of carbonyl (C=O) groups is 2. The number of hydrogen-bond donors (Lipinski definition) is 0. The van der Waals surface area contributed by atoms with Crippen molar-refractivity contribution in [2.45, 2.75) is 58.3 Å². The van der Waals surface area contributed by atoms with Crippen molar-refractivity contribution in [3.8, 4) is 0 Å². The van der Waals surface area contributed by atoms with E-state index in [-0.39, 0.29) is 18.2 Å². The normalized spacial score (nSPS) is 19.2. The Morgan fingerprint density at radius 3 is 2.64 bits per heavy atom. The Kier molecular flexibility index (Phi) is 6.64. The summed E-state index contributed by atoms with van der Waals surface area (Å²) >= 11 is 6.19. The number of amidine groups is 1. The zero-order valence-corrected chi connectivity index (χ0v) is 19.7. The van der Waals surface area contributed by atoms with Gasteiger partial charge >= 0.3 is 5.97 Å². The number of aromatic nitrogens is 4. The molecule has 0 bridgehead atoms. The highest BCUT2D eigenvalue weighted by Gasteiger charge is 2.34. The quantitative estimate of drug-likeness (QED) is 0.480. The Bertz CT molecular complexity index is 1060. The van der Waals surface area contributed by atoms with E-state index in [1.54, 1.807) is 32.9 Å². The molecule has 0 aliphatic carbocycles. The topological polar surface area (TPSA) is 112 Å². The Morgan fingerprint density at radius 1 is 1.21 bits per heavy atom. The van der Waals surface area contributed by atoms with E-state index in [0.29, 0.717) is 35.9 Å². The number of rotatable bonds is 5. The summed E-state index contributed by atoms with van der Waals surface area (Å²) in [5.41, 5.74) is 0.00298. The van der Waals surface area contributed by atoms with E-state index >= 15 is 0 Å². The molecule has 0 amide bonds. The third-order valence-electron chi connectivity index (χ3n) is 5.47. The van der Waals surface area contributed by atoms with Gasteiger partial charge in [-0.25, -0.2) is 4.79 Å². The number of likely N-dealkylation sites (tertiary alicyclic amines) is 1. The van der Waals surface area contributed by atoms with Crippen LogP contribution in [0.5, 0.6) is 0 Å². The second-order valence-corrected chi connectivity index (χ2v) is 9.58. The summed E-state index contributed by atoms with van der Waals surface area (Å²) in [6, 6.07) is 7.17. The number of benzene rings is 1. The predicted octanol–water partition coefficient (Wildman–Crippen LogP) is 3.04. The highest BCUT2D eigenvalue weighted by Crippen LogP contribution is 2.30. The van der Waals surface area contributed by atoms with Crippen LogP contribution in [0.1, 0.15) is 62.3 Å². The molecule has 3 heterocycles. The molecule has 2 aromatic rings. The van der Waals surface area contributed by atoms with Gasteiger partial charge < -0.3 is 14.5 Å². The highest BCUT2D eigenvalue weighted by molar-refractivity contribution is 6.34. The molecule has 1 saturated heterocycles. The van der Waals surface area contributed by atoms with E-state index in [4.69, 9.17) is 21.2 Å². The SMILES string of the molecule is CC(C)(C)OC(=O)Cn1nnc(C2CC(N3CCC(C(=O)c4ccccc4Cl)CC3)=NO2)n1. The zero-order valence-electron chi connectivity index (χ0n) is 18.9. The van der Waals surface area contributed by atoms with Crippen LogP contribution in [0.3, 0.4) is 0 Å². The number of ketones is 1. The summed E-state index contributed by atoms with van der Waals surface area (Å²) in [4.78, 5) is 33.6. The smallest absolute Gasteiger partial charge is 0.330 e. The number of oxime groups is 1. The number of ether oxygens (including phenoxy) is 1. The summed E-state index contributed by atoms with van der Waals surface area (Å²) in [6.45, 7) is 6.67. The average Bonchev–Trinajstić information content (AvgIpc) is 3.42. The minimum Gasteiger partial charge on any atom is -0.459 e. The summed E-state index contributed by atoms with van der Waals surface area (Å²) in [5, 5.41) is 16.9. The zero-order chi connectivity index (χ0) is 23.6. The van der Waals surface area contributed by atoms with Crippen LogP contribution in [0, 0.1) is 5.92 Å². The van der Waals surface area contributed by atoms with E-state index in [9.17, 15) is 9.59 Å². The number of carbonyl (C=O) groups excluding carboxylic acids is 2. The molecule has 176 valence electrons. The highest BCUT2D eigenvalue weighted by atomic mass is 35.5. The number of esters is 1. The fraction of sp³-hybridized carbons (Fsp3) is 0.545. The van der Waals surface area contributed by atoms with Crippen LogP contribution in [-0.4, -0.2) is 61.4 Å². The van der Waals surface area contributed by atoms with Gasteiger partial charge in [0.2, 0.25) is 5.82 Å². The van der Waals surface area contributed by atoms with Crippen molar-refractivity contribution < 1.29 is 19.2 Å². The second-order valence-electron chi connectivity index (χ2n) is 9.18. The molecule has 2 aliphatic heterocycles. The number of Topliss-reactive ketones (excluding diaryl/α,β-unsaturated/α-hetero) is 1. The van der Waals surface area contributed by atoms with Gasteiger partial charge in [0.05, 0.1) is 11.4 Å². The predicted molar refractivity (Wildman–Crippen MR) is 120 cm³/mol. The van der Waals surface area contributed by atoms with Crippen molar-refractivity contribution in [2.75, 3.05) is 13.1 Å². The molecule has 11 heteroatoms. The number of nitrogens with zero attached hydrogens (tertiary/aromatic N) is 6. The average molecular weight is 475 g/mol. The number of piperidine rings is 1. The van der Waals surface area contributed by atoms with E-state index in [2.05, 4.69) is 25.5 Å². The summed E-state index contributed by atoms with van der Waals surface area (Å²) in [7, 11) is 0. The van der Waals surface area contributed by atoms with Crippen molar-refractivity contribution in [1.82, 2.24) is 25.1 Å². The number of hydrogen-bond acceptors (Lipinski definition) is 9. The van der Waals surface area contributed by atoms with Gasteiger partial charge in [-0.2, -0.15) is 4.80 Å². The van der Waals surface area contributed by atoms with Crippen molar-refractivity contribution in [3.63, 3.8) is 0 Å². The van der Waals surface area contributed by atoms with Gasteiger partial charge in [0.25, 0.3) is 0 Å². The summed E-state index contributed by atoms with van der Waals surface area (Å²) < 4.78 is 5.27. The molecule has 1 aromatic heterocycles. The maximum absolute atomic E-state index is 12.8. The Morgan fingerprint density at radius 2 is 1.94 bits per heavy atom.